The molecule has 0 fully saturated rings. The van der Waals surface area contributed by atoms with E-state index in [2.05, 4.69) is 21.3 Å². The Labute approximate surface area is 122 Å². The van der Waals surface area contributed by atoms with E-state index in [4.69, 9.17) is 21.4 Å². The monoisotopic (exact) mass is 292 g/mol. The van der Waals surface area contributed by atoms with E-state index >= 15 is 0 Å². The Kier molecular flexibility index (Phi) is 22.1. The molecule has 0 aromatic heterocycles. The van der Waals surface area contributed by atoms with Gasteiger partial charge in [-0.3, -0.25) is 4.79 Å². The second-order valence-electron chi connectivity index (χ2n) is 4.10. The maximum atomic E-state index is 9.00. The van der Waals surface area contributed by atoms with Gasteiger partial charge in [0.2, 0.25) is 0 Å². The lowest BCUT2D eigenvalue weighted by Gasteiger charge is -2.07. The molecule has 0 amide bonds. The number of hydrogen-bond acceptors (Lipinski definition) is 7. The van der Waals surface area contributed by atoms with Crippen LogP contribution in [0.3, 0.4) is 0 Å². The van der Waals surface area contributed by atoms with Crippen LogP contribution in [0.1, 0.15) is 6.92 Å². The third-order valence-electron chi connectivity index (χ3n) is 2.08. The van der Waals surface area contributed by atoms with E-state index in [1.807, 2.05) is 0 Å². The van der Waals surface area contributed by atoms with E-state index in [-0.39, 0.29) is 0 Å². The van der Waals surface area contributed by atoms with Crippen molar-refractivity contribution in [2.45, 2.75) is 6.92 Å². The van der Waals surface area contributed by atoms with E-state index in [0.717, 1.165) is 59.3 Å². The van der Waals surface area contributed by atoms with Gasteiger partial charge < -0.3 is 37.8 Å². The molecule has 0 radical (unpaired) electrons. The van der Waals surface area contributed by atoms with Gasteiger partial charge >= 0.3 is 0 Å². The normalized spacial score (nSPS) is 9.95. The minimum atomic E-state index is -0.833. The van der Waals surface area contributed by atoms with E-state index in [1.54, 1.807) is 0 Å². The quantitative estimate of drug-likeness (QED) is 0.183. The Morgan fingerprint density at radius 1 is 0.750 bits per heavy atom. The van der Waals surface area contributed by atoms with Crippen LogP contribution in [-0.4, -0.2) is 76.5 Å². The third kappa shape index (κ3) is 30.3. The number of aliphatic carboxylic acids is 1. The Hall–Kier alpha value is -0.770. The summed E-state index contributed by atoms with van der Waals surface area (Å²) < 4.78 is 0. The maximum Gasteiger partial charge on any atom is 0.300 e. The smallest absolute Gasteiger partial charge is 0.300 e. The number of nitrogens with one attached hydrogen (secondary N) is 4. The lowest BCUT2D eigenvalue weighted by atomic mass is 10.5. The molecule has 122 valence electrons. The van der Waals surface area contributed by atoms with E-state index in [9.17, 15) is 0 Å². The Morgan fingerprint density at radius 2 is 0.950 bits per heavy atom. The van der Waals surface area contributed by atoms with Crippen LogP contribution in [0.2, 0.25) is 0 Å². The lowest BCUT2D eigenvalue weighted by Crippen LogP contribution is -2.36. The zero-order valence-electron chi connectivity index (χ0n) is 12.6. The highest BCUT2D eigenvalue weighted by molar-refractivity contribution is 5.62. The van der Waals surface area contributed by atoms with Gasteiger partial charge in [0, 0.05) is 72.4 Å². The predicted molar refractivity (Wildman–Crippen MR) is 82.9 cm³/mol. The summed E-state index contributed by atoms with van der Waals surface area (Å²) in [5.74, 6) is -0.833. The Bertz CT molecular complexity index is 177. The molecule has 0 aromatic rings. The average molecular weight is 292 g/mol. The van der Waals surface area contributed by atoms with Gasteiger partial charge in [0.15, 0.2) is 0 Å². The van der Waals surface area contributed by atoms with Crippen molar-refractivity contribution in [3.05, 3.63) is 0 Å². The number of carboxylic acid groups (broad SMARTS) is 1. The fourth-order valence-corrected chi connectivity index (χ4v) is 1.23. The summed E-state index contributed by atoms with van der Waals surface area (Å²) in [5, 5.41) is 20.6. The number of hydrogen-bond donors (Lipinski definition) is 7. The van der Waals surface area contributed by atoms with Gasteiger partial charge in [-0.05, 0) is 0 Å². The van der Waals surface area contributed by atoms with Crippen molar-refractivity contribution < 1.29 is 9.90 Å². The fraction of sp³-hybridized carbons (Fsp3) is 0.917. The molecule has 0 saturated carbocycles. The highest BCUT2D eigenvalue weighted by atomic mass is 16.4. The molecule has 0 aliphatic carbocycles. The SMILES string of the molecule is CC(=O)O.NCCNCCNCCNCCNCCN. The largest absolute Gasteiger partial charge is 0.481 e. The van der Waals surface area contributed by atoms with E-state index < -0.39 is 5.97 Å². The van der Waals surface area contributed by atoms with Gasteiger partial charge in [0.05, 0.1) is 0 Å². The molecule has 0 heterocycles. The van der Waals surface area contributed by atoms with Crippen molar-refractivity contribution in [2.75, 3.05) is 65.4 Å². The summed E-state index contributed by atoms with van der Waals surface area (Å²) in [5.41, 5.74) is 10.7. The van der Waals surface area contributed by atoms with Crippen molar-refractivity contribution in [2.24, 2.45) is 11.5 Å². The summed E-state index contributed by atoms with van der Waals surface area (Å²) >= 11 is 0. The first-order valence-electron chi connectivity index (χ1n) is 7.07. The third-order valence-corrected chi connectivity index (χ3v) is 2.08. The lowest BCUT2D eigenvalue weighted by molar-refractivity contribution is -0.134. The second-order valence-corrected chi connectivity index (χ2v) is 4.10. The predicted octanol–water partition coefficient (Wildman–Crippen LogP) is -2.65. The van der Waals surface area contributed by atoms with Gasteiger partial charge in [0.1, 0.15) is 0 Å². The second kappa shape index (κ2) is 20.5. The fourth-order valence-electron chi connectivity index (χ4n) is 1.23. The number of nitrogens with two attached hydrogens (primary N) is 2. The summed E-state index contributed by atoms with van der Waals surface area (Å²) in [6, 6.07) is 0. The van der Waals surface area contributed by atoms with E-state index in [0.29, 0.717) is 13.1 Å². The molecule has 0 aliphatic rings. The topological polar surface area (TPSA) is 137 Å². The minimum absolute atomic E-state index is 0.706. The van der Waals surface area contributed by atoms with Crippen LogP contribution in [-0.2, 0) is 4.79 Å². The zero-order valence-corrected chi connectivity index (χ0v) is 12.6. The first kappa shape index (κ1) is 21.5. The van der Waals surface area contributed by atoms with Crippen LogP contribution < -0.4 is 32.7 Å². The zero-order chi connectivity index (χ0) is 15.5. The van der Waals surface area contributed by atoms with Crippen molar-refractivity contribution in [1.82, 2.24) is 21.3 Å². The van der Waals surface area contributed by atoms with Crippen LogP contribution in [0.5, 0.6) is 0 Å². The summed E-state index contributed by atoms with van der Waals surface area (Å²) in [6.07, 6.45) is 0. The standard InChI is InChI=1S/C10H28N6.C2H4O2/c11-1-3-13-5-7-15-9-10-16-8-6-14-4-2-12;1-2(3)4/h13-16H,1-12H2;1H3,(H,3,4). The molecular formula is C12H32N6O2. The van der Waals surface area contributed by atoms with Crippen LogP contribution in [0.15, 0.2) is 0 Å². The minimum Gasteiger partial charge on any atom is -0.481 e. The molecule has 20 heavy (non-hydrogen) atoms. The molecule has 0 spiro atoms. The average Bonchev–Trinajstić information content (AvgIpc) is 2.39. The van der Waals surface area contributed by atoms with Gasteiger partial charge in [-0.2, -0.15) is 0 Å². The molecule has 0 rings (SSSR count). The van der Waals surface area contributed by atoms with Crippen molar-refractivity contribution in [1.29, 1.82) is 0 Å². The molecule has 9 N–H and O–H groups in total. The van der Waals surface area contributed by atoms with Crippen LogP contribution in [0, 0.1) is 0 Å². The molecular weight excluding hydrogens is 260 g/mol. The van der Waals surface area contributed by atoms with E-state index in [1.165, 1.54) is 0 Å². The van der Waals surface area contributed by atoms with Crippen molar-refractivity contribution in [3.63, 3.8) is 0 Å². The molecule has 0 bridgehead atoms. The van der Waals surface area contributed by atoms with Gasteiger partial charge in [-0.1, -0.05) is 0 Å². The first-order valence-corrected chi connectivity index (χ1v) is 7.07. The maximum absolute atomic E-state index is 9.00. The van der Waals surface area contributed by atoms with Crippen LogP contribution in [0.4, 0.5) is 0 Å². The van der Waals surface area contributed by atoms with Gasteiger partial charge in [0.25, 0.3) is 5.97 Å². The molecule has 0 unspecified atom stereocenters. The molecule has 0 saturated heterocycles. The van der Waals surface area contributed by atoms with Crippen molar-refractivity contribution in [3.8, 4) is 0 Å². The van der Waals surface area contributed by atoms with Crippen LogP contribution >= 0.6 is 0 Å². The molecule has 8 heteroatoms. The Morgan fingerprint density at radius 3 is 1.15 bits per heavy atom. The van der Waals surface area contributed by atoms with Crippen LogP contribution in [0.25, 0.3) is 0 Å². The highest BCUT2D eigenvalue weighted by Gasteiger charge is 1.89. The summed E-state index contributed by atoms with van der Waals surface area (Å²) in [7, 11) is 0. The summed E-state index contributed by atoms with van der Waals surface area (Å²) in [4.78, 5) is 9.00. The summed E-state index contributed by atoms with van der Waals surface area (Å²) in [6.45, 7) is 10.2. The number of carboxylic acids is 1. The molecule has 0 aromatic carbocycles. The highest BCUT2D eigenvalue weighted by Crippen LogP contribution is 1.62. The molecule has 0 atom stereocenters. The number of carbonyl (C=O) groups is 1. The van der Waals surface area contributed by atoms with Gasteiger partial charge in [-0.15, -0.1) is 0 Å². The Balaban J connectivity index is 0. The molecule has 8 nitrogen and oxygen atoms in total. The number of rotatable bonds is 13. The van der Waals surface area contributed by atoms with Crippen molar-refractivity contribution >= 4 is 5.97 Å². The first-order chi connectivity index (χ1) is 9.65. The van der Waals surface area contributed by atoms with Gasteiger partial charge in [-0.25, -0.2) is 0 Å². The molecule has 0 aliphatic heterocycles.